The van der Waals surface area contributed by atoms with Gasteiger partial charge in [0.2, 0.25) is 10.0 Å². The summed E-state index contributed by atoms with van der Waals surface area (Å²) in [4.78, 5) is 15.8. The zero-order valence-corrected chi connectivity index (χ0v) is 13.8. The van der Waals surface area contributed by atoms with E-state index in [1.54, 1.807) is 0 Å². The van der Waals surface area contributed by atoms with Gasteiger partial charge in [0, 0.05) is 32.7 Å². The Morgan fingerprint density at radius 2 is 2.22 bits per heavy atom. The van der Waals surface area contributed by atoms with Crippen LogP contribution in [0.2, 0.25) is 0 Å². The fourth-order valence-electron chi connectivity index (χ4n) is 2.63. The summed E-state index contributed by atoms with van der Waals surface area (Å²) in [6, 6.07) is 4.33. The zero-order chi connectivity index (χ0) is 16.6. The molecule has 9 heteroatoms. The molecule has 0 aliphatic carbocycles. The Kier molecular flexibility index (Phi) is 4.28. The number of oxazole rings is 1. The van der Waals surface area contributed by atoms with E-state index in [4.69, 9.17) is 9.15 Å². The number of benzene rings is 1. The van der Waals surface area contributed by atoms with Gasteiger partial charge in [-0.2, -0.15) is 4.31 Å². The number of morpholine rings is 1. The summed E-state index contributed by atoms with van der Waals surface area (Å²) in [5.41, 5.74) is 0.687. The van der Waals surface area contributed by atoms with Crippen LogP contribution in [0.25, 0.3) is 11.1 Å². The van der Waals surface area contributed by atoms with Crippen molar-refractivity contribution in [3.05, 3.63) is 28.7 Å². The van der Waals surface area contributed by atoms with E-state index in [9.17, 15) is 13.2 Å². The van der Waals surface area contributed by atoms with Crippen molar-refractivity contribution in [3.63, 3.8) is 0 Å². The molecule has 1 unspecified atom stereocenters. The van der Waals surface area contributed by atoms with E-state index >= 15 is 0 Å². The minimum atomic E-state index is -3.68. The number of nitrogens with one attached hydrogen (secondary N) is 1. The number of rotatable bonds is 4. The van der Waals surface area contributed by atoms with Crippen molar-refractivity contribution in [1.29, 1.82) is 0 Å². The molecule has 23 heavy (non-hydrogen) atoms. The van der Waals surface area contributed by atoms with Gasteiger partial charge in [-0.3, -0.25) is 4.98 Å². The van der Waals surface area contributed by atoms with Crippen LogP contribution in [0, 0.1) is 0 Å². The summed E-state index contributed by atoms with van der Waals surface area (Å²) in [5, 5.41) is 0. The first kappa shape index (κ1) is 16.2. The van der Waals surface area contributed by atoms with Gasteiger partial charge in [-0.1, -0.05) is 0 Å². The Bertz CT molecular complexity index is 857. The zero-order valence-electron chi connectivity index (χ0n) is 13.0. The van der Waals surface area contributed by atoms with Crippen LogP contribution in [0.5, 0.6) is 0 Å². The topological polar surface area (TPSA) is 95.9 Å². The summed E-state index contributed by atoms with van der Waals surface area (Å²) in [6.45, 7) is 2.39. The molecular formula is C14H19N3O5S. The smallest absolute Gasteiger partial charge is 0.408 e. The van der Waals surface area contributed by atoms with Crippen molar-refractivity contribution in [2.75, 3.05) is 40.3 Å². The Morgan fingerprint density at radius 1 is 1.43 bits per heavy atom. The SMILES string of the molecule is CN1CCOC(CN(C)S(=O)(=O)c2ccc3[nH]c(=O)oc3c2)C1. The maximum absolute atomic E-state index is 12.7. The Labute approximate surface area is 133 Å². The molecule has 1 aromatic heterocycles. The third-order valence-electron chi connectivity index (χ3n) is 3.90. The number of H-pyrrole nitrogens is 1. The molecule has 0 spiro atoms. The minimum Gasteiger partial charge on any atom is -0.408 e. The fourth-order valence-corrected chi connectivity index (χ4v) is 3.85. The van der Waals surface area contributed by atoms with Crippen LogP contribution >= 0.6 is 0 Å². The van der Waals surface area contributed by atoms with E-state index in [2.05, 4.69) is 9.88 Å². The molecule has 1 saturated heterocycles. The molecule has 1 atom stereocenters. The van der Waals surface area contributed by atoms with Crippen molar-refractivity contribution in [2.24, 2.45) is 0 Å². The predicted molar refractivity (Wildman–Crippen MR) is 83.9 cm³/mol. The fraction of sp³-hybridized carbons (Fsp3) is 0.500. The largest absolute Gasteiger partial charge is 0.417 e. The molecule has 1 aliphatic heterocycles. The number of aromatic amines is 1. The van der Waals surface area contributed by atoms with Crippen LogP contribution in [-0.2, 0) is 14.8 Å². The quantitative estimate of drug-likeness (QED) is 0.846. The van der Waals surface area contributed by atoms with E-state index in [0.717, 1.165) is 6.54 Å². The van der Waals surface area contributed by atoms with Gasteiger partial charge in [-0.25, -0.2) is 13.2 Å². The first-order valence-corrected chi connectivity index (χ1v) is 8.69. The molecule has 0 radical (unpaired) electrons. The van der Waals surface area contributed by atoms with Crippen molar-refractivity contribution in [3.8, 4) is 0 Å². The third kappa shape index (κ3) is 3.32. The van der Waals surface area contributed by atoms with E-state index in [-0.39, 0.29) is 23.1 Å². The average molecular weight is 341 g/mol. The van der Waals surface area contributed by atoms with Crippen LogP contribution in [0.3, 0.4) is 0 Å². The second-order valence-corrected chi connectivity index (χ2v) is 7.76. The van der Waals surface area contributed by atoms with Gasteiger partial charge >= 0.3 is 5.76 Å². The molecule has 1 aliphatic rings. The molecule has 0 bridgehead atoms. The molecule has 3 rings (SSSR count). The molecule has 1 aromatic carbocycles. The first-order chi connectivity index (χ1) is 10.9. The molecular weight excluding hydrogens is 322 g/mol. The molecule has 0 saturated carbocycles. The lowest BCUT2D eigenvalue weighted by atomic mass is 10.3. The molecule has 1 N–H and O–H groups in total. The number of likely N-dealkylation sites (N-methyl/N-ethyl adjacent to an activating group) is 2. The van der Waals surface area contributed by atoms with Crippen molar-refractivity contribution in [1.82, 2.24) is 14.2 Å². The average Bonchev–Trinajstić information content (AvgIpc) is 2.86. The minimum absolute atomic E-state index is 0.0828. The predicted octanol–water partition coefficient (Wildman–Crippen LogP) is 0.0722. The summed E-state index contributed by atoms with van der Waals surface area (Å²) >= 11 is 0. The normalized spacial score (nSPS) is 20.4. The third-order valence-corrected chi connectivity index (χ3v) is 5.72. The second-order valence-electron chi connectivity index (χ2n) is 5.71. The summed E-state index contributed by atoms with van der Waals surface area (Å²) < 4.78 is 37.1. The lowest BCUT2D eigenvalue weighted by Crippen LogP contribution is -2.46. The lowest BCUT2D eigenvalue weighted by molar-refractivity contribution is -0.0247. The summed E-state index contributed by atoms with van der Waals surface area (Å²) in [7, 11) is -0.182. The number of aromatic nitrogens is 1. The summed E-state index contributed by atoms with van der Waals surface area (Å²) in [6.07, 6.45) is -0.164. The highest BCUT2D eigenvalue weighted by Crippen LogP contribution is 2.20. The van der Waals surface area contributed by atoms with E-state index in [1.165, 1.54) is 29.6 Å². The monoisotopic (exact) mass is 341 g/mol. The second kappa shape index (κ2) is 6.08. The van der Waals surface area contributed by atoms with Crippen LogP contribution in [0.4, 0.5) is 0 Å². The van der Waals surface area contributed by atoms with Crippen LogP contribution < -0.4 is 5.76 Å². The maximum Gasteiger partial charge on any atom is 0.417 e. The molecule has 8 nitrogen and oxygen atoms in total. The standard InChI is InChI=1S/C14H19N3O5S/c1-16-5-6-21-10(8-16)9-17(2)23(19,20)11-3-4-12-13(7-11)22-14(18)15-12/h3-4,7,10H,5-6,8-9H2,1-2H3,(H,15,18). The van der Waals surface area contributed by atoms with Crippen molar-refractivity contribution >= 4 is 21.1 Å². The highest BCUT2D eigenvalue weighted by atomic mass is 32.2. The number of hydrogen-bond acceptors (Lipinski definition) is 6. The van der Waals surface area contributed by atoms with E-state index in [0.29, 0.717) is 18.7 Å². The Morgan fingerprint density at radius 3 is 2.96 bits per heavy atom. The van der Waals surface area contributed by atoms with Crippen LogP contribution in [0.1, 0.15) is 0 Å². The van der Waals surface area contributed by atoms with Crippen molar-refractivity contribution in [2.45, 2.75) is 11.0 Å². The molecule has 0 amide bonds. The van der Waals surface area contributed by atoms with E-state index < -0.39 is 15.8 Å². The van der Waals surface area contributed by atoms with Crippen LogP contribution in [0.15, 0.2) is 32.3 Å². The Hall–Kier alpha value is -1.68. The van der Waals surface area contributed by atoms with Gasteiger partial charge in [0.15, 0.2) is 5.58 Å². The maximum atomic E-state index is 12.7. The van der Waals surface area contributed by atoms with Crippen molar-refractivity contribution < 1.29 is 17.6 Å². The highest BCUT2D eigenvalue weighted by Gasteiger charge is 2.27. The van der Waals surface area contributed by atoms with Gasteiger partial charge < -0.3 is 14.1 Å². The highest BCUT2D eigenvalue weighted by molar-refractivity contribution is 7.89. The molecule has 2 heterocycles. The number of ether oxygens (including phenoxy) is 1. The molecule has 2 aromatic rings. The van der Waals surface area contributed by atoms with Gasteiger partial charge in [0.25, 0.3) is 0 Å². The number of hydrogen-bond donors (Lipinski definition) is 1. The molecule has 126 valence electrons. The van der Waals surface area contributed by atoms with E-state index in [1.807, 2.05) is 7.05 Å². The lowest BCUT2D eigenvalue weighted by Gasteiger charge is -2.32. The van der Waals surface area contributed by atoms with Crippen LogP contribution in [-0.4, -0.2) is 69.0 Å². The number of fused-ring (bicyclic) bond motifs is 1. The Balaban J connectivity index is 1.82. The van der Waals surface area contributed by atoms with Gasteiger partial charge in [0.1, 0.15) is 0 Å². The number of nitrogens with zero attached hydrogens (tertiary/aromatic N) is 2. The summed E-state index contributed by atoms with van der Waals surface area (Å²) in [5.74, 6) is -0.610. The number of sulfonamides is 1. The van der Waals surface area contributed by atoms with Gasteiger partial charge in [-0.05, 0) is 19.2 Å². The van der Waals surface area contributed by atoms with Gasteiger partial charge in [-0.15, -0.1) is 0 Å². The van der Waals surface area contributed by atoms with Gasteiger partial charge in [0.05, 0.1) is 23.1 Å². The molecule has 1 fully saturated rings. The first-order valence-electron chi connectivity index (χ1n) is 7.25.